The molecule has 3 rings (SSSR count). The summed E-state index contributed by atoms with van der Waals surface area (Å²) in [4.78, 5) is 6.94. The van der Waals surface area contributed by atoms with Gasteiger partial charge in [0, 0.05) is 25.5 Å². The molecule has 1 saturated heterocycles. The molecule has 0 bridgehead atoms. The number of nitrogens with one attached hydrogen (secondary N) is 1. The molecule has 0 amide bonds. The van der Waals surface area contributed by atoms with Crippen LogP contribution in [0.25, 0.3) is 0 Å². The summed E-state index contributed by atoms with van der Waals surface area (Å²) in [7, 11) is 1.87. The molecule has 1 aromatic heterocycles. The highest BCUT2D eigenvalue weighted by molar-refractivity contribution is 7.13. The van der Waals surface area contributed by atoms with E-state index in [2.05, 4.69) is 20.6 Å². The maximum Gasteiger partial charge on any atom is 0.416 e. The maximum absolute atomic E-state index is 12.8. The van der Waals surface area contributed by atoms with E-state index in [9.17, 15) is 13.2 Å². The van der Waals surface area contributed by atoms with Gasteiger partial charge in [0.05, 0.1) is 11.3 Å². The molecule has 1 atom stereocenters. The molecule has 0 spiro atoms. The Morgan fingerprint density at radius 1 is 1.35 bits per heavy atom. The third-order valence-corrected chi connectivity index (χ3v) is 5.76. The van der Waals surface area contributed by atoms with E-state index in [0.717, 1.165) is 61.4 Å². The Morgan fingerprint density at radius 2 is 2.19 bits per heavy atom. The van der Waals surface area contributed by atoms with Gasteiger partial charge in [0.25, 0.3) is 0 Å². The Labute approximate surface area is 156 Å². The van der Waals surface area contributed by atoms with Crippen LogP contribution in [-0.2, 0) is 19.1 Å². The Bertz CT molecular complexity index is 714. The Hall–Kier alpha value is -1.60. The monoisotopic (exact) mass is 383 g/mol. The standard InChI is InChI=1S/C19H24F3N3S/c1-23-18-24-17(13-26-18)12-25-9-3-5-15(11-25)8-7-14-4-2-6-16(10-14)19(20,21)22/h2,4,6,10,13,15H,3,5,7-9,11-12H2,1H3,(H,23,24)/t15-/m1/s1. The SMILES string of the molecule is CNc1nc(CN2CCC[C@H](CCc3cccc(C(F)(F)F)c3)C2)cs1. The molecule has 7 heteroatoms. The van der Waals surface area contributed by atoms with Crippen LogP contribution in [0.15, 0.2) is 29.6 Å². The Morgan fingerprint density at radius 3 is 2.92 bits per heavy atom. The molecule has 0 saturated carbocycles. The fourth-order valence-electron chi connectivity index (χ4n) is 3.53. The highest BCUT2D eigenvalue weighted by Crippen LogP contribution is 2.30. The average Bonchev–Trinajstić information content (AvgIpc) is 3.07. The number of halogens is 3. The minimum absolute atomic E-state index is 0.528. The van der Waals surface area contributed by atoms with Crippen LogP contribution >= 0.6 is 11.3 Å². The van der Waals surface area contributed by atoms with Gasteiger partial charge in [-0.3, -0.25) is 4.90 Å². The van der Waals surface area contributed by atoms with Crippen LogP contribution in [0.2, 0.25) is 0 Å². The topological polar surface area (TPSA) is 28.2 Å². The molecular weight excluding hydrogens is 359 g/mol. The predicted octanol–water partition coefficient (Wildman–Crippen LogP) is 5.05. The number of alkyl halides is 3. The van der Waals surface area contributed by atoms with Crippen molar-refractivity contribution in [1.29, 1.82) is 0 Å². The summed E-state index contributed by atoms with van der Waals surface area (Å²) in [5.74, 6) is 0.528. The van der Waals surface area contributed by atoms with Crippen LogP contribution in [0, 0.1) is 5.92 Å². The summed E-state index contributed by atoms with van der Waals surface area (Å²) in [6.07, 6.45) is -0.359. The zero-order valence-electron chi connectivity index (χ0n) is 14.9. The van der Waals surface area contributed by atoms with Gasteiger partial charge in [0.2, 0.25) is 0 Å². The number of aryl methyl sites for hydroxylation is 1. The summed E-state index contributed by atoms with van der Waals surface area (Å²) in [6.45, 7) is 2.90. The lowest BCUT2D eigenvalue weighted by Crippen LogP contribution is -2.35. The molecule has 1 aliphatic heterocycles. The van der Waals surface area contributed by atoms with Gasteiger partial charge in [-0.2, -0.15) is 13.2 Å². The highest BCUT2D eigenvalue weighted by atomic mass is 32.1. The summed E-state index contributed by atoms with van der Waals surface area (Å²) >= 11 is 1.61. The minimum atomic E-state index is -4.27. The molecule has 0 unspecified atom stereocenters. The quantitative estimate of drug-likeness (QED) is 0.757. The van der Waals surface area contributed by atoms with Crippen molar-refractivity contribution in [1.82, 2.24) is 9.88 Å². The van der Waals surface area contributed by atoms with Gasteiger partial charge >= 0.3 is 6.18 Å². The van der Waals surface area contributed by atoms with Crippen molar-refractivity contribution in [3.63, 3.8) is 0 Å². The maximum atomic E-state index is 12.8. The first-order chi connectivity index (χ1) is 12.4. The molecular formula is C19H24F3N3S. The molecule has 0 radical (unpaired) electrons. The van der Waals surface area contributed by atoms with Crippen LogP contribution in [0.4, 0.5) is 18.3 Å². The van der Waals surface area contributed by atoms with Gasteiger partial charge in [-0.25, -0.2) is 4.98 Å². The number of aromatic nitrogens is 1. The molecule has 142 valence electrons. The largest absolute Gasteiger partial charge is 0.416 e. The molecule has 3 nitrogen and oxygen atoms in total. The van der Waals surface area contributed by atoms with E-state index in [4.69, 9.17) is 0 Å². The van der Waals surface area contributed by atoms with Crippen LogP contribution in [0.3, 0.4) is 0 Å². The number of hydrogen-bond acceptors (Lipinski definition) is 4. The summed E-state index contributed by atoms with van der Waals surface area (Å²) in [5, 5.41) is 6.07. The number of anilines is 1. The minimum Gasteiger partial charge on any atom is -0.365 e. The lowest BCUT2D eigenvalue weighted by Gasteiger charge is -2.32. The van der Waals surface area contributed by atoms with E-state index in [-0.39, 0.29) is 0 Å². The molecule has 1 N–H and O–H groups in total. The zero-order chi connectivity index (χ0) is 18.6. The lowest BCUT2D eigenvalue weighted by atomic mass is 9.91. The van der Waals surface area contributed by atoms with Crippen molar-refractivity contribution in [3.05, 3.63) is 46.5 Å². The number of likely N-dealkylation sites (tertiary alicyclic amines) is 1. The summed E-state index contributed by atoms with van der Waals surface area (Å²) in [5.41, 5.74) is 1.30. The van der Waals surface area contributed by atoms with E-state index in [1.807, 2.05) is 7.05 Å². The van der Waals surface area contributed by atoms with E-state index >= 15 is 0 Å². The van der Waals surface area contributed by atoms with Crippen LogP contribution in [0.1, 0.15) is 36.1 Å². The average molecular weight is 383 g/mol. The van der Waals surface area contributed by atoms with Crippen molar-refractivity contribution in [3.8, 4) is 0 Å². The number of hydrogen-bond donors (Lipinski definition) is 1. The first-order valence-electron chi connectivity index (χ1n) is 8.94. The molecule has 26 heavy (non-hydrogen) atoms. The molecule has 0 aliphatic carbocycles. The van der Waals surface area contributed by atoms with Gasteiger partial charge in [-0.1, -0.05) is 18.2 Å². The van der Waals surface area contributed by atoms with Crippen molar-refractivity contribution in [2.45, 2.75) is 38.4 Å². The molecule has 1 fully saturated rings. The van der Waals surface area contributed by atoms with Gasteiger partial charge in [-0.05, 0) is 49.8 Å². The number of thiazole rings is 1. The molecule has 2 aromatic rings. The van der Waals surface area contributed by atoms with Gasteiger partial charge in [-0.15, -0.1) is 11.3 Å². The Balaban J connectivity index is 1.52. The lowest BCUT2D eigenvalue weighted by molar-refractivity contribution is -0.137. The van der Waals surface area contributed by atoms with Crippen molar-refractivity contribution >= 4 is 16.5 Å². The van der Waals surface area contributed by atoms with Gasteiger partial charge in [0.15, 0.2) is 5.13 Å². The van der Waals surface area contributed by atoms with E-state index in [0.29, 0.717) is 12.3 Å². The van der Waals surface area contributed by atoms with Gasteiger partial charge < -0.3 is 5.32 Å². The smallest absolute Gasteiger partial charge is 0.365 e. The van der Waals surface area contributed by atoms with Gasteiger partial charge in [0.1, 0.15) is 0 Å². The first-order valence-corrected chi connectivity index (χ1v) is 9.82. The fraction of sp³-hybridized carbons (Fsp3) is 0.526. The Kier molecular flexibility index (Phi) is 6.19. The van der Waals surface area contributed by atoms with Crippen molar-refractivity contribution < 1.29 is 13.2 Å². The van der Waals surface area contributed by atoms with Crippen molar-refractivity contribution in [2.75, 3.05) is 25.5 Å². The van der Waals surface area contributed by atoms with Crippen LogP contribution in [-0.4, -0.2) is 30.0 Å². The summed E-state index contributed by atoms with van der Waals surface area (Å²) in [6, 6.07) is 5.73. The fourth-order valence-corrected chi connectivity index (χ4v) is 4.19. The number of nitrogens with zero attached hydrogens (tertiary/aromatic N) is 2. The number of rotatable bonds is 6. The molecule has 1 aromatic carbocycles. The van der Waals surface area contributed by atoms with Crippen LogP contribution < -0.4 is 5.32 Å². The normalized spacial score (nSPS) is 18.8. The summed E-state index contributed by atoms with van der Waals surface area (Å²) < 4.78 is 38.5. The highest BCUT2D eigenvalue weighted by Gasteiger charge is 2.30. The van der Waals surface area contributed by atoms with Crippen molar-refractivity contribution in [2.24, 2.45) is 5.92 Å². The molecule has 1 aliphatic rings. The second-order valence-corrected chi connectivity index (χ2v) is 7.73. The second kappa shape index (κ2) is 8.39. The predicted molar refractivity (Wildman–Crippen MR) is 99.4 cm³/mol. The van der Waals surface area contributed by atoms with E-state index in [1.54, 1.807) is 17.4 Å². The van der Waals surface area contributed by atoms with Crippen LogP contribution in [0.5, 0.6) is 0 Å². The zero-order valence-corrected chi connectivity index (χ0v) is 15.7. The second-order valence-electron chi connectivity index (χ2n) is 6.87. The number of benzene rings is 1. The van der Waals surface area contributed by atoms with E-state index < -0.39 is 11.7 Å². The third-order valence-electron chi connectivity index (χ3n) is 4.85. The number of piperidine rings is 1. The first kappa shape index (κ1) is 19.2. The third kappa shape index (κ3) is 5.20. The van der Waals surface area contributed by atoms with E-state index in [1.165, 1.54) is 12.1 Å². The molecule has 2 heterocycles.